The predicted octanol–water partition coefficient (Wildman–Crippen LogP) is 2.01. The standard InChI is InChI=1S/C15H24N6O/c1-5-12-18-19-13-7-6-11(8-21(12)13)16-10(4)15-17-14(9(2)3)20-22-15/h9-11,16H,5-8H2,1-4H3/t10-,11-/m0/s1. The van der Waals surface area contributed by atoms with Gasteiger partial charge in [0.1, 0.15) is 11.6 Å². The average molecular weight is 304 g/mol. The van der Waals surface area contributed by atoms with E-state index in [1.165, 1.54) is 0 Å². The highest BCUT2D eigenvalue weighted by molar-refractivity contribution is 5.02. The van der Waals surface area contributed by atoms with Crippen LogP contribution in [0.2, 0.25) is 0 Å². The van der Waals surface area contributed by atoms with E-state index in [2.05, 4.69) is 57.9 Å². The Labute approximate surface area is 130 Å². The summed E-state index contributed by atoms with van der Waals surface area (Å²) in [4.78, 5) is 4.47. The van der Waals surface area contributed by atoms with Gasteiger partial charge >= 0.3 is 0 Å². The van der Waals surface area contributed by atoms with Crippen LogP contribution in [0.4, 0.5) is 0 Å². The van der Waals surface area contributed by atoms with Crippen LogP contribution in [0.5, 0.6) is 0 Å². The molecule has 0 amide bonds. The first-order valence-electron chi connectivity index (χ1n) is 8.09. The van der Waals surface area contributed by atoms with Gasteiger partial charge in [-0.1, -0.05) is 25.9 Å². The van der Waals surface area contributed by atoms with Crippen LogP contribution >= 0.6 is 0 Å². The molecule has 3 heterocycles. The second kappa shape index (κ2) is 6.16. The molecule has 0 radical (unpaired) electrons. The van der Waals surface area contributed by atoms with Crippen molar-refractivity contribution in [1.29, 1.82) is 0 Å². The Morgan fingerprint density at radius 3 is 2.82 bits per heavy atom. The van der Waals surface area contributed by atoms with Gasteiger partial charge in [-0.2, -0.15) is 4.98 Å². The van der Waals surface area contributed by atoms with Crippen LogP contribution in [0.1, 0.15) is 69.4 Å². The Bertz CT molecular complexity index is 618. The lowest BCUT2D eigenvalue weighted by molar-refractivity contribution is 0.292. The van der Waals surface area contributed by atoms with Gasteiger partial charge in [-0.15, -0.1) is 10.2 Å². The van der Waals surface area contributed by atoms with Crippen LogP contribution in [-0.2, 0) is 19.4 Å². The minimum atomic E-state index is 0.0492. The molecule has 0 saturated carbocycles. The number of hydrogen-bond acceptors (Lipinski definition) is 6. The van der Waals surface area contributed by atoms with Crippen molar-refractivity contribution in [2.45, 2.75) is 71.5 Å². The molecular formula is C15H24N6O. The minimum absolute atomic E-state index is 0.0492. The molecule has 2 atom stereocenters. The molecule has 0 spiro atoms. The van der Waals surface area contributed by atoms with Crippen LogP contribution in [0.3, 0.4) is 0 Å². The predicted molar refractivity (Wildman–Crippen MR) is 81.4 cm³/mol. The molecule has 0 saturated heterocycles. The molecule has 0 bridgehead atoms. The summed E-state index contributed by atoms with van der Waals surface area (Å²) in [7, 11) is 0. The van der Waals surface area contributed by atoms with E-state index in [4.69, 9.17) is 4.52 Å². The number of aromatic nitrogens is 5. The summed E-state index contributed by atoms with van der Waals surface area (Å²) in [5.41, 5.74) is 0. The first-order chi connectivity index (χ1) is 10.6. The summed E-state index contributed by atoms with van der Waals surface area (Å²) >= 11 is 0. The molecule has 22 heavy (non-hydrogen) atoms. The molecule has 0 aliphatic carbocycles. The number of fused-ring (bicyclic) bond motifs is 1. The third-order valence-electron chi connectivity index (χ3n) is 4.17. The van der Waals surface area contributed by atoms with Gasteiger partial charge in [-0.05, 0) is 13.3 Å². The Kier molecular flexibility index (Phi) is 4.24. The van der Waals surface area contributed by atoms with Gasteiger partial charge in [-0.3, -0.25) is 0 Å². The highest BCUT2D eigenvalue weighted by atomic mass is 16.5. The van der Waals surface area contributed by atoms with Crippen LogP contribution in [0.15, 0.2) is 4.52 Å². The Hall–Kier alpha value is -1.76. The Balaban J connectivity index is 1.66. The van der Waals surface area contributed by atoms with E-state index in [-0.39, 0.29) is 12.0 Å². The zero-order valence-corrected chi connectivity index (χ0v) is 13.7. The summed E-state index contributed by atoms with van der Waals surface area (Å²) in [5, 5.41) is 16.2. The van der Waals surface area contributed by atoms with Gasteiger partial charge < -0.3 is 14.4 Å². The van der Waals surface area contributed by atoms with E-state index >= 15 is 0 Å². The Morgan fingerprint density at radius 2 is 2.14 bits per heavy atom. The van der Waals surface area contributed by atoms with Gasteiger partial charge in [0.15, 0.2) is 5.82 Å². The lowest BCUT2D eigenvalue weighted by Crippen LogP contribution is -2.39. The van der Waals surface area contributed by atoms with Crippen LogP contribution in [-0.4, -0.2) is 30.9 Å². The molecule has 0 aromatic carbocycles. The molecule has 1 aliphatic rings. The second-order valence-corrected chi connectivity index (χ2v) is 6.27. The van der Waals surface area contributed by atoms with Crippen molar-refractivity contribution in [2.24, 2.45) is 0 Å². The molecule has 7 nitrogen and oxygen atoms in total. The SMILES string of the molecule is CCc1nnc2n1C[C@@H](N[C@@H](C)c1nc(C(C)C)no1)CC2. The van der Waals surface area contributed by atoms with Crippen LogP contribution in [0.25, 0.3) is 0 Å². The monoisotopic (exact) mass is 304 g/mol. The third kappa shape index (κ3) is 2.90. The quantitative estimate of drug-likeness (QED) is 0.910. The molecule has 120 valence electrons. The van der Waals surface area contributed by atoms with Gasteiger partial charge in [0.05, 0.1) is 6.04 Å². The number of nitrogens with one attached hydrogen (secondary N) is 1. The molecule has 1 N–H and O–H groups in total. The maximum Gasteiger partial charge on any atom is 0.243 e. The molecule has 7 heteroatoms. The van der Waals surface area contributed by atoms with Crippen molar-refractivity contribution in [3.63, 3.8) is 0 Å². The van der Waals surface area contributed by atoms with Crippen molar-refractivity contribution in [3.05, 3.63) is 23.4 Å². The van der Waals surface area contributed by atoms with Gasteiger partial charge in [-0.25, -0.2) is 0 Å². The van der Waals surface area contributed by atoms with Crippen LogP contribution in [0, 0.1) is 0 Å². The van der Waals surface area contributed by atoms with Gasteiger partial charge in [0, 0.05) is 31.3 Å². The average Bonchev–Trinajstić information content (AvgIpc) is 3.13. The summed E-state index contributed by atoms with van der Waals surface area (Å²) in [6.45, 7) is 9.21. The normalized spacial score (nSPS) is 19.4. The lowest BCUT2D eigenvalue weighted by Gasteiger charge is -2.27. The number of rotatable bonds is 5. The highest BCUT2D eigenvalue weighted by Gasteiger charge is 2.25. The third-order valence-corrected chi connectivity index (χ3v) is 4.17. The van der Waals surface area contributed by atoms with Crippen molar-refractivity contribution in [1.82, 2.24) is 30.2 Å². The van der Waals surface area contributed by atoms with Gasteiger partial charge in [0.25, 0.3) is 0 Å². The molecule has 0 unspecified atom stereocenters. The van der Waals surface area contributed by atoms with Crippen molar-refractivity contribution < 1.29 is 4.52 Å². The molecular weight excluding hydrogens is 280 g/mol. The number of nitrogens with zero attached hydrogens (tertiary/aromatic N) is 5. The maximum atomic E-state index is 5.37. The fourth-order valence-corrected chi connectivity index (χ4v) is 2.86. The lowest BCUT2D eigenvalue weighted by atomic mass is 10.1. The van der Waals surface area contributed by atoms with E-state index in [0.29, 0.717) is 11.9 Å². The van der Waals surface area contributed by atoms with Crippen molar-refractivity contribution in [3.8, 4) is 0 Å². The molecule has 2 aromatic rings. The molecule has 3 rings (SSSR count). The summed E-state index contributed by atoms with van der Waals surface area (Å²) in [5.74, 6) is 3.87. The first-order valence-corrected chi connectivity index (χ1v) is 8.09. The number of hydrogen-bond donors (Lipinski definition) is 1. The zero-order valence-electron chi connectivity index (χ0n) is 13.7. The van der Waals surface area contributed by atoms with E-state index < -0.39 is 0 Å². The van der Waals surface area contributed by atoms with E-state index in [1.807, 2.05) is 0 Å². The fraction of sp³-hybridized carbons (Fsp3) is 0.733. The summed E-state index contributed by atoms with van der Waals surface area (Å²) < 4.78 is 7.61. The first kappa shape index (κ1) is 15.1. The van der Waals surface area contributed by atoms with Gasteiger partial charge in [0.2, 0.25) is 5.89 Å². The molecule has 0 fully saturated rings. The Morgan fingerprint density at radius 1 is 1.32 bits per heavy atom. The fourth-order valence-electron chi connectivity index (χ4n) is 2.86. The zero-order chi connectivity index (χ0) is 15.7. The van der Waals surface area contributed by atoms with E-state index in [9.17, 15) is 0 Å². The number of aryl methyl sites for hydroxylation is 2. The van der Waals surface area contributed by atoms with Crippen molar-refractivity contribution >= 4 is 0 Å². The molecule has 2 aromatic heterocycles. The van der Waals surface area contributed by atoms with Crippen molar-refractivity contribution in [2.75, 3.05) is 0 Å². The molecule has 1 aliphatic heterocycles. The smallest absolute Gasteiger partial charge is 0.243 e. The minimum Gasteiger partial charge on any atom is -0.338 e. The topological polar surface area (TPSA) is 81.7 Å². The highest BCUT2D eigenvalue weighted by Crippen LogP contribution is 2.20. The van der Waals surface area contributed by atoms with Crippen LogP contribution < -0.4 is 5.32 Å². The summed E-state index contributed by atoms with van der Waals surface area (Å²) in [6.07, 6.45) is 2.92. The maximum absolute atomic E-state index is 5.37. The second-order valence-electron chi connectivity index (χ2n) is 6.27. The van der Waals surface area contributed by atoms with E-state index in [1.54, 1.807) is 0 Å². The summed E-state index contributed by atoms with van der Waals surface area (Å²) in [6, 6.07) is 0.423. The van der Waals surface area contributed by atoms with E-state index in [0.717, 1.165) is 43.3 Å². The largest absolute Gasteiger partial charge is 0.338 e.